The van der Waals surface area contributed by atoms with Crippen LogP contribution in [0.15, 0.2) is 46.9 Å². The monoisotopic (exact) mass is 396 g/mol. The highest BCUT2D eigenvalue weighted by atomic mass is 19.1. The number of benzene rings is 2. The van der Waals surface area contributed by atoms with Gasteiger partial charge >= 0.3 is 0 Å². The van der Waals surface area contributed by atoms with E-state index in [4.69, 9.17) is 9.15 Å². The maximum atomic E-state index is 13.5. The zero-order valence-corrected chi connectivity index (χ0v) is 16.4. The van der Waals surface area contributed by atoms with Gasteiger partial charge in [-0.25, -0.2) is 4.39 Å². The second-order valence-corrected chi connectivity index (χ2v) is 7.17. The Balaban J connectivity index is 1.53. The lowest BCUT2D eigenvalue weighted by Gasteiger charge is -2.32. The van der Waals surface area contributed by atoms with Gasteiger partial charge in [0.2, 0.25) is 5.91 Å². The van der Waals surface area contributed by atoms with Gasteiger partial charge in [0, 0.05) is 10.9 Å². The Morgan fingerprint density at radius 1 is 1.28 bits per heavy atom. The average molecular weight is 396 g/mol. The summed E-state index contributed by atoms with van der Waals surface area (Å²) < 4.78 is 24.9. The molecule has 2 atom stereocenters. The lowest BCUT2D eigenvalue weighted by atomic mass is 10.1. The van der Waals surface area contributed by atoms with Gasteiger partial charge in [0.25, 0.3) is 5.91 Å². The first-order valence-corrected chi connectivity index (χ1v) is 9.40. The molecule has 1 aromatic heterocycles. The molecule has 2 amide bonds. The number of para-hydroxylation sites is 2. The van der Waals surface area contributed by atoms with Crippen LogP contribution >= 0.6 is 0 Å². The van der Waals surface area contributed by atoms with Gasteiger partial charge in [-0.05, 0) is 51.1 Å². The zero-order valence-electron chi connectivity index (χ0n) is 16.4. The third-order valence-corrected chi connectivity index (χ3v) is 5.08. The van der Waals surface area contributed by atoms with Crippen molar-refractivity contribution in [2.24, 2.45) is 0 Å². The first kappa shape index (κ1) is 19.0. The molecule has 1 aliphatic heterocycles. The van der Waals surface area contributed by atoms with Gasteiger partial charge in [0.1, 0.15) is 29.5 Å². The predicted octanol–water partition coefficient (Wildman–Crippen LogP) is 3.87. The summed E-state index contributed by atoms with van der Waals surface area (Å²) >= 11 is 0. The molecule has 2 aromatic carbocycles. The van der Waals surface area contributed by atoms with Gasteiger partial charge in [-0.1, -0.05) is 12.1 Å². The van der Waals surface area contributed by atoms with E-state index in [1.54, 1.807) is 38.1 Å². The predicted molar refractivity (Wildman–Crippen MR) is 106 cm³/mol. The number of carbonyl (C=O) groups is 2. The SMILES string of the molecule is Cc1c(C(C)NC(=O)CN2C(=O)C(C)Oc3ccccc32)oc2ccc(F)cc12. The summed E-state index contributed by atoms with van der Waals surface area (Å²) in [6.07, 6.45) is -0.664. The molecule has 1 N–H and O–H groups in total. The number of fused-ring (bicyclic) bond motifs is 2. The third kappa shape index (κ3) is 3.44. The smallest absolute Gasteiger partial charge is 0.268 e. The number of nitrogens with zero attached hydrogens (tertiary/aromatic N) is 1. The minimum atomic E-state index is -0.664. The summed E-state index contributed by atoms with van der Waals surface area (Å²) in [5, 5.41) is 3.54. The van der Waals surface area contributed by atoms with Crippen LogP contribution in [-0.2, 0) is 9.59 Å². The molecule has 0 bridgehead atoms. The summed E-state index contributed by atoms with van der Waals surface area (Å²) in [5.74, 6) is 0.169. The van der Waals surface area contributed by atoms with Gasteiger partial charge in [-0.3, -0.25) is 14.5 Å². The Bertz CT molecular complexity index is 1110. The van der Waals surface area contributed by atoms with E-state index >= 15 is 0 Å². The maximum Gasteiger partial charge on any atom is 0.268 e. The van der Waals surface area contributed by atoms with Crippen molar-refractivity contribution in [2.45, 2.75) is 32.9 Å². The molecule has 3 aromatic rings. The lowest BCUT2D eigenvalue weighted by Crippen LogP contribution is -2.49. The summed E-state index contributed by atoms with van der Waals surface area (Å²) in [5.41, 5.74) is 1.90. The molecule has 2 heterocycles. The minimum Gasteiger partial charge on any atom is -0.479 e. The van der Waals surface area contributed by atoms with Crippen LogP contribution < -0.4 is 15.0 Å². The Labute approximate surface area is 167 Å². The quantitative estimate of drug-likeness (QED) is 0.727. The van der Waals surface area contributed by atoms with Crippen molar-refractivity contribution < 1.29 is 23.1 Å². The van der Waals surface area contributed by atoms with E-state index in [0.29, 0.717) is 28.2 Å². The Morgan fingerprint density at radius 2 is 2.03 bits per heavy atom. The van der Waals surface area contributed by atoms with E-state index in [0.717, 1.165) is 5.56 Å². The highest BCUT2D eigenvalue weighted by Crippen LogP contribution is 2.34. The minimum absolute atomic E-state index is 0.137. The number of anilines is 1. The highest BCUT2D eigenvalue weighted by molar-refractivity contribution is 6.03. The van der Waals surface area contributed by atoms with Crippen molar-refractivity contribution in [3.05, 3.63) is 59.6 Å². The van der Waals surface area contributed by atoms with E-state index in [-0.39, 0.29) is 24.2 Å². The number of halogens is 1. The Morgan fingerprint density at radius 3 is 2.83 bits per heavy atom. The molecule has 4 rings (SSSR count). The van der Waals surface area contributed by atoms with Crippen molar-refractivity contribution in [3.8, 4) is 5.75 Å². The Hall–Kier alpha value is -3.35. The molecule has 0 saturated carbocycles. The van der Waals surface area contributed by atoms with Crippen LogP contribution in [0, 0.1) is 12.7 Å². The molecule has 29 heavy (non-hydrogen) atoms. The van der Waals surface area contributed by atoms with Crippen LogP contribution in [0.1, 0.15) is 31.2 Å². The first-order chi connectivity index (χ1) is 13.8. The highest BCUT2D eigenvalue weighted by Gasteiger charge is 2.33. The number of hydrogen-bond acceptors (Lipinski definition) is 4. The van der Waals surface area contributed by atoms with E-state index < -0.39 is 12.1 Å². The molecule has 2 unspecified atom stereocenters. The van der Waals surface area contributed by atoms with Crippen LogP contribution in [0.25, 0.3) is 11.0 Å². The summed E-state index contributed by atoms with van der Waals surface area (Å²) in [4.78, 5) is 26.7. The van der Waals surface area contributed by atoms with Crippen LogP contribution in [0.4, 0.5) is 10.1 Å². The van der Waals surface area contributed by atoms with Crippen LogP contribution in [0.5, 0.6) is 5.75 Å². The maximum absolute atomic E-state index is 13.5. The molecule has 0 aliphatic carbocycles. The molecule has 0 saturated heterocycles. The van der Waals surface area contributed by atoms with Crippen molar-refractivity contribution in [2.75, 3.05) is 11.4 Å². The second kappa shape index (κ2) is 7.24. The van der Waals surface area contributed by atoms with Gasteiger partial charge in [0.15, 0.2) is 6.10 Å². The largest absolute Gasteiger partial charge is 0.479 e. The number of nitrogens with one attached hydrogen (secondary N) is 1. The Kier molecular flexibility index (Phi) is 4.74. The van der Waals surface area contributed by atoms with E-state index in [2.05, 4.69) is 5.32 Å². The number of furan rings is 1. The van der Waals surface area contributed by atoms with Crippen molar-refractivity contribution in [1.29, 1.82) is 0 Å². The number of rotatable bonds is 4. The third-order valence-electron chi connectivity index (χ3n) is 5.08. The van der Waals surface area contributed by atoms with E-state index in [1.807, 2.05) is 13.0 Å². The molecule has 150 valence electrons. The molecule has 6 nitrogen and oxygen atoms in total. The summed E-state index contributed by atoms with van der Waals surface area (Å²) in [6, 6.07) is 11.0. The topological polar surface area (TPSA) is 71.8 Å². The molecule has 1 aliphatic rings. The number of hydrogen-bond donors (Lipinski definition) is 1. The van der Waals surface area contributed by atoms with Crippen molar-refractivity contribution >= 4 is 28.5 Å². The average Bonchev–Trinajstić information content (AvgIpc) is 3.01. The molecule has 0 fully saturated rings. The molecule has 0 radical (unpaired) electrons. The summed E-state index contributed by atoms with van der Waals surface area (Å²) in [6.45, 7) is 5.13. The van der Waals surface area contributed by atoms with Gasteiger partial charge in [-0.2, -0.15) is 0 Å². The van der Waals surface area contributed by atoms with Gasteiger partial charge < -0.3 is 14.5 Å². The molecule has 0 spiro atoms. The number of carbonyl (C=O) groups excluding carboxylic acids is 2. The van der Waals surface area contributed by atoms with Gasteiger partial charge in [-0.15, -0.1) is 0 Å². The van der Waals surface area contributed by atoms with Crippen molar-refractivity contribution in [1.82, 2.24) is 5.32 Å². The number of ether oxygens (including phenoxy) is 1. The summed E-state index contributed by atoms with van der Waals surface area (Å²) in [7, 11) is 0. The molecular formula is C22H21FN2O4. The van der Waals surface area contributed by atoms with Crippen LogP contribution in [-0.4, -0.2) is 24.5 Å². The number of aryl methyl sites for hydroxylation is 1. The van der Waals surface area contributed by atoms with Gasteiger partial charge in [0.05, 0.1) is 11.7 Å². The van der Waals surface area contributed by atoms with Crippen molar-refractivity contribution in [3.63, 3.8) is 0 Å². The fourth-order valence-electron chi connectivity index (χ4n) is 3.64. The zero-order chi connectivity index (χ0) is 20.7. The first-order valence-electron chi connectivity index (χ1n) is 9.40. The van der Waals surface area contributed by atoms with E-state index in [9.17, 15) is 14.0 Å². The van der Waals surface area contributed by atoms with E-state index in [1.165, 1.54) is 17.0 Å². The second-order valence-electron chi connectivity index (χ2n) is 7.17. The standard InChI is InChI=1S/C22H21FN2O4/c1-12-16-10-15(23)8-9-18(16)29-21(12)13(2)24-20(26)11-25-17-6-4-5-7-19(17)28-14(3)22(25)27/h4-10,13-14H,11H2,1-3H3,(H,24,26). The molecule has 7 heteroatoms. The fraction of sp³-hybridized carbons (Fsp3) is 0.273. The molecular weight excluding hydrogens is 375 g/mol. The van der Waals surface area contributed by atoms with Crippen LogP contribution in [0.3, 0.4) is 0 Å². The lowest BCUT2D eigenvalue weighted by molar-refractivity contribution is -0.128. The number of amides is 2. The normalized spacial score (nSPS) is 17.0. The van der Waals surface area contributed by atoms with Crippen LogP contribution in [0.2, 0.25) is 0 Å². The fourth-order valence-corrected chi connectivity index (χ4v) is 3.64.